The second-order valence-electron chi connectivity index (χ2n) is 5.04. The maximum Gasteiger partial charge on any atom is 0.338 e. The van der Waals surface area contributed by atoms with E-state index < -0.39 is 15.6 Å². The number of sulfonamides is 1. The van der Waals surface area contributed by atoms with Crippen LogP contribution < -0.4 is 5.63 Å². The number of aryl methyl sites for hydroxylation is 1. The number of fused-ring (bicyclic) bond motifs is 1. The molecule has 0 amide bonds. The van der Waals surface area contributed by atoms with E-state index in [1.807, 2.05) is 6.92 Å². The lowest BCUT2D eigenvalue weighted by Gasteiger charge is -1.98. The number of rotatable bonds is 3. The molecule has 0 atom stereocenters. The molecule has 24 heavy (non-hydrogen) atoms. The van der Waals surface area contributed by atoms with Gasteiger partial charge in [-0.15, -0.1) is 0 Å². The summed E-state index contributed by atoms with van der Waals surface area (Å²) in [6.07, 6.45) is 0. The van der Waals surface area contributed by atoms with Crippen molar-refractivity contribution in [3.05, 3.63) is 70.6 Å². The van der Waals surface area contributed by atoms with E-state index in [9.17, 15) is 13.2 Å². The SMILES string of the molecule is Cc1ccc(S(=O)(=O)N=C=Nc2cc(=O)oc3ccccc23)cc1. The fourth-order valence-electron chi connectivity index (χ4n) is 2.08. The summed E-state index contributed by atoms with van der Waals surface area (Å²) < 4.78 is 32.6. The number of hydrogen-bond donors (Lipinski definition) is 0. The lowest BCUT2D eigenvalue weighted by Crippen LogP contribution is -1.96. The van der Waals surface area contributed by atoms with Gasteiger partial charge in [0.05, 0.1) is 16.6 Å². The van der Waals surface area contributed by atoms with Crippen LogP contribution in [0.4, 0.5) is 5.69 Å². The topological polar surface area (TPSA) is 89.1 Å². The van der Waals surface area contributed by atoms with Crippen LogP contribution in [0.25, 0.3) is 11.0 Å². The Morgan fingerprint density at radius 3 is 2.50 bits per heavy atom. The zero-order chi connectivity index (χ0) is 17.2. The molecule has 0 fully saturated rings. The number of nitrogens with zero attached hydrogens (tertiary/aromatic N) is 2. The van der Waals surface area contributed by atoms with Gasteiger partial charge in [-0.25, -0.2) is 4.79 Å². The van der Waals surface area contributed by atoms with E-state index in [2.05, 4.69) is 15.4 Å². The molecule has 3 aromatic rings. The summed E-state index contributed by atoms with van der Waals surface area (Å²) in [6.45, 7) is 1.85. The van der Waals surface area contributed by atoms with E-state index >= 15 is 0 Å². The third-order valence-electron chi connectivity index (χ3n) is 3.28. The largest absolute Gasteiger partial charge is 0.423 e. The first-order valence-corrected chi connectivity index (χ1v) is 8.42. The third-order valence-corrected chi connectivity index (χ3v) is 4.47. The first kappa shape index (κ1) is 15.9. The Balaban J connectivity index is 2.03. The van der Waals surface area contributed by atoms with Gasteiger partial charge in [-0.1, -0.05) is 34.2 Å². The summed E-state index contributed by atoms with van der Waals surface area (Å²) in [6, 6.07) is 16.4. The van der Waals surface area contributed by atoms with Gasteiger partial charge in [0.15, 0.2) is 0 Å². The molecule has 2 aromatic carbocycles. The molecule has 6 nitrogen and oxygen atoms in total. The highest BCUT2D eigenvalue weighted by atomic mass is 32.2. The minimum absolute atomic E-state index is 0.0493. The van der Waals surface area contributed by atoms with Crippen LogP contribution in [0.2, 0.25) is 0 Å². The fraction of sp³-hybridized carbons (Fsp3) is 0.0588. The van der Waals surface area contributed by atoms with Crippen LogP contribution in [0.15, 0.2) is 78.1 Å². The molecular weight excluding hydrogens is 328 g/mol. The van der Waals surface area contributed by atoms with Gasteiger partial charge in [0.1, 0.15) is 11.6 Å². The van der Waals surface area contributed by atoms with Crippen molar-refractivity contribution >= 4 is 32.7 Å². The van der Waals surface area contributed by atoms with Crippen LogP contribution >= 0.6 is 0 Å². The van der Waals surface area contributed by atoms with Gasteiger partial charge in [0, 0.05) is 5.39 Å². The average molecular weight is 340 g/mol. The maximum absolute atomic E-state index is 12.1. The van der Waals surface area contributed by atoms with Gasteiger partial charge in [0.25, 0.3) is 10.0 Å². The molecule has 0 aliphatic heterocycles. The molecule has 0 aliphatic carbocycles. The van der Waals surface area contributed by atoms with E-state index in [0.717, 1.165) is 11.6 Å². The van der Waals surface area contributed by atoms with Gasteiger partial charge >= 0.3 is 5.63 Å². The number of para-hydroxylation sites is 1. The molecule has 3 rings (SSSR count). The molecule has 1 aromatic heterocycles. The minimum atomic E-state index is -3.89. The van der Waals surface area contributed by atoms with Crippen molar-refractivity contribution in [2.75, 3.05) is 0 Å². The first-order chi connectivity index (χ1) is 11.5. The van der Waals surface area contributed by atoms with Crippen LogP contribution in [0.5, 0.6) is 0 Å². The highest BCUT2D eigenvalue weighted by molar-refractivity contribution is 7.90. The molecule has 7 heteroatoms. The summed E-state index contributed by atoms with van der Waals surface area (Å²) >= 11 is 0. The van der Waals surface area contributed by atoms with Gasteiger partial charge in [-0.2, -0.15) is 13.4 Å². The molecule has 0 saturated heterocycles. The zero-order valence-corrected chi connectivity index (χ0v) is 13.4. The highest BCUT2D eigenvalue weighted by Crippen LogP contribution is 2.23. The lowest BCUT2D eigenvalue weighted by atomic mass is 10.2. The monoisotopic (exact) mass is 340 g/mol. The van der Waals surface area contributed by atoms with E-state index in [1.54, 1.807) is 36.4 Å². The van der Waals surface area contributed by atoms with Crippen molar-refractivity contribution in [2.45, 2.75) is 11.8 Å². The summed E-state index contributed by atoms with van der Waals surface area (Å²) in [7, 11) is -3.89. The Morgan fingerprint density at radius 2 is 1.75 bits per heavy atom. The molecule has 1 heterocycles. The first-order valence-electron chi connectivity index (χ1n) is 6.98. The average Bonchev–Trinajstić information content (AvgIpc) is 2.55. The smallest absolute Gasteiger partial charge is 0.338 e. The molecule has 0 N–H and O–H groups in total. The predicted octanol–water partition coefficient (Wildman–Crippen LogP) is 3.30. The molecule has 120 valence electrons. The van der Waals surface area contributed by atoms with Gasteiger partial charge in [-0.3, -0.25) is 0 Å². The van der Waals surface area contributed by atoms with E-state index in [1.165, 1.54) is 12.1 Å². The second-order valence-corrected chi connectivity index (χ2v) is 6.64. The molecule has 0 unspecified atom stereocenters. The molecule has 0 saturated carbocycles. The fourth-order valence-corrected chi connectivity index (χ4v) is 2.81. The van der Waals surface area contributed by atoms with Crippen molar-refractivity contribution in [1.29, 1.82) is 0 Å². The number of aliphatic imine (C=N–C) groups is 1. The van der Waals surface area contributed by atoms with Crippen LogP contribution in [0, 0.1) is 6.92 Å². The van der Waals surface area contributed by atoms with Crippen molar-refractivity contribution < 1.29 is 12.8 Å². The van der Waals surface area contributed by atoms with Crippen LogP contribution in [-0.2, 0) is 10.0 Å². The Bertz CT molecular complexity index is 1120. The minimum Gasteiger partial charge on any atom is -0.423 e. The van der Waals surface area contributed by atoms with Crippen molar-refractivity contribution in [3.63, 3.8) is 0 Å². The Labute approximate surface area is 137 Å². The van der Waals surface area contributed by atoms with Crippen LogP contribution in [-0.4, -0.2) is 14.4 Å². The standard InChI is InChI=1S/C17H12N2O4S/c1-12-6-8-13(9-7-12)24(21,22)19-11-18-15-10-17(20)23-16-5-3-2-4-14(15)16/h2-10H,1H3. The van der Waals surface area contributed by atoms with Gasteiger partial charge in [0.2, 0.25) is 0 Å². The Kier molecular flexibility index (Phi) is 4.12. The molecule has 0 radical (unpaired) electrons. The Hall–Kier alpha value is -3.02. The number of benzene rings is 2. The number of hydrogen-bond acceptors (Lipinski definition) is 5. The second kappa shape index (κ2) is 6.23. The van der Waals surface area contributed by atoms with Crippen molar-refractivity contribution in [3.8, 4) is 0 Å². The van der Waals surface area contributed by atoms with Crippen molar-refractivity contribution in [2.24, 2.45) is 9.39 Å². The zero-order valence-electron chi connectivity index (χ0n) is 12.6. The van der Waals surface area contributed by atoms with Crippen molar-refractivity contribution in [1.82, 2.24) is 0 Å². The van der Waals surface area contributed by atoms with E-state index in [4.69, 9.17) is 4.42 Å². The van der Waals surface area contributed by atoms with Crippen LogP contribution in [0.1, 0.15) is 5.56 Å². The lowest BCUT2D eigenvalue weighted by molar-refractivity contribution is 0.561. The molecule has 0 spiro atoms. The summed E-state index contributed by atoms with van der Waals surface area (Å²) in [5.41, 5.74) is 0.946. The Morgan fingerprint density at radius 1 is 1.04 bits per heavy atom. The molecular formula is C17H12N2O4S. The summed E-state index contributed by atoms with van der Waals surface area (Å²) in [5.74, 6) is 0. The molecule has 0 aliphatic rings. The highest BCUT2D eigenvalue weighted by Gasteiger charge is 2.11. The predicted molar refractivity (Wildman–Crippen MR) is 90.4 cm³/mol. The third kappa shape index (κ3) is 3.32. The van der Waals surface area contributed by atoms with E-state index in [0.29, 0.717) is 11.0 Å². The van der Waals surface area contributed by atoms with Crippen LogP contribution in [0.3, 0.4) is 0 Å². The van der Waals surface area contributed by atoms with Gasteiger partial charge in [-0.05, 0) is 31.2 Å². The summed E-state index contributed by atoms with van der Waals surface area (Å²) in [5, 5.41) is 0.563. The normalized spacial score (nSPS) is 11.0. The summed E-state index contributed by atoms with van der Waals surface area (Å²) in [4.78, 5) is 15.4. The quantitative estimate of drug-likeness (QED) is 0.540. The van der Waals surface area contributed by atoms with E-state index in [-0.39, 0.29) is 10.6 Å². The maximum atomic E-state index is 12.1. The van der Waals surface area contributed by atoms with Gasteiger partial charge < -0.3 is 4.42 Å². The molecule has 0 bridgehead atoms.